The summed E-state index contributed by atoms with van der Waals surface area (Å²) in [6.07, 6.45) is 2.43. The number of carbonyl (C=O) groups excluding carboxylic acids is 1. The third-order valence-corrected chi connectivity index (χ3v) is 5.19. The minimum absolute atomic E-state index is 0.130. The van der Waals surface area contributed by atoms with Gasteiger partial charge in [0.25, 0.3) is 0 Å². The van der Waals surface area contributed by atoms with Crippen molar-refractivity contribution in [2.24, 2.45) is 0 Å². The van der Waals surface area contributed by atoms with Gasteiger partial charge in [0.05, 0.1) is 6.04 Å². The van der Waals surface area contributed by atoms with Crippen LogP contribution in [-0.4, -0.2) is 17.5 Å². The first-order chi connectivity index (χ1) is 12.4. The number of hydrogen-bond acceptors (Lipinski definition) is 2. The smallest absolute Gasteiger partial charge is 0.411 e. The van der Waals surface area contributed by atoms with E-state index < -0.39 is 5.60 Å². The second-order valence-electron chi connectivity index (χ2n) is 6.53. The lowest BCUT2D eigenvalue weighted by atomic mass is 9.85. The summed E-state index contributed by atoms with van der Waals surface area (Å²) < 4.78 is 19.2. The highest BCUT2D eigenvalue weighted by atomic mass is 35.5. The van der Waals surface area contributed by atoms with E-state index in [4.69, 9.17) is 16.3 Å². The molecule has 5 heteroatoms. The Kier molecular flexibility index (Phi) is 5.33. The lowest BCUT2D eigenvalue weighted by Crippen LogP contribution is -2.48. The summed E-state index contributed by atoms with van der Waals surface area (Å²) >= 11 is 5.94. The molecule has 2 atom stereocenters. The van der Waals surface area contributed by atoms with Crippen molar-refractivity contribution in [3.63, 3.8) is 0 Å². The van der Waals surface area contributed by atoms with E-state index in [1.807, 2.05) is 31.2 Å². The lowest BCUT2D eigenvalue weighted by molar-refractivity contribution is -0.0588. The van der Waals surface area contributed by atoms with Crippen LogP contribution < -0.4 is 0 Å². The topological polar surface area (TPSA) is 29.5 Å². The van der Waals surface area contributed by atoms with Gasteiger partial charge in [-0.25, -0.2) is 9.18 Å². The van der Waals surface area contributed by atoms with Crippen LogP contribution in [0.4, 0.5) is 9.18 Å². The Bertz CT molecular complexity index is 791. The minimum atomic E-state index is -0.803. The Morgan fingerprint density at radius 2 is 1.92 bits per heavy atom. The fourth-order valence-electron chi connectivity index (χ4n) is 3.39. The molecule has 0 aliphatic carbocycles. The van der Waals surface area contributed by atoms with Crippen molar-refractivity contribution < 1.29 is 13.9 Å². The van der Waals surface area contributed by atoms with Crippen LogP contribution in [-0.2, 0) is 10.3 Å². The maximum atomic E-state index is 13.3. The molecule has 0 aromatic heterocycles. The highest BCUT2D eigenvalue weighted by molar-refractivity contribution is 6.30. The molecule has 1 heterocycles. The van der Waals surface area contributed by atoms with Crippen LogP contribution in [0.5, 0.6) is 0 Å². The fourth-order valence-corrected chi connectivity index (χ4v) is 3.52. The fraction of sp³-hybridized carbons (Fsp3) is 0.286. The van der Waals surface area contributed by atoms with Crippen LogP contribution in [0.1, 0.15) is 36.9 Å². The Labute approximate surface area is 158 Å². The monoisotopic (exact) mass is 373 g/mol. The molecular weight excluding hydrogens is 353 g/mol. The zero-order chi connectivity index (χ0) is 18.7. The zero-order valence-electron chi connectivity index (χ0n) is 14.6. The predicted molar refractivity (Wildman–Crippen MR) is 101 cm³/mol. The highest BCUT2D eigenvalue weighted by Gasteiger charge is 2.42. The molecule has 0 N–H and O–H groups in total. The normalized spacial score (nSPS) is 21.2. The van der Waals surface area contributed by atoms with Crippen LogP contribution in [0.15, 0.2) is 61.2 Å². The van der Waals surface area contributed by atoms with Gasteiger partial charge in [-0.3, -0.25) is 0 Å². The molecule has 0 unspecified atom stereocenters. The molecule has 3 rings (SSSR count). The van der Waals surface area contributed by atoms with Crippen molar-refractivity contribution in [3.8, 4) is 0 Å². The first-order valence-electron chi connectivity index (χ1n) is 8.57. The van der Waals surface area contributed by atoms with Crippen molar-refractivity contribution in [1.82, 2.24) is 4.90 Å². The van der Waals surface area contributed by atoms with E-state index >= 15 is 0 Å². The molecular formula is C21H21ClFNO2. The van der Waals surface area contributed by atoms with Gasteiger partial charge in [-0.1, -0.05) is 41.9 Å². The summed E-state index contributed by atoms with van der Waals surface area (Å²) in [5.41, 5.74) is 0.971. The number of cyclic esters (lactones) is 1. The first-order valence-corrected chi connectivity index (χ1v) is 8.95. The van der Waals surface area contributed by atoms with Gasteiger partial charge >= 0.3 is 6.09 Å². The molecule has 0 saturated carbocycles. The Morgan fingerprint density at radius 1 is 1.27 bits per heavy atom. The lowest BCUT2D eigenvalue weighted by Gasteiger charge is -2.43. The minimum Gasteiger partial charge on any atom is -0.437 e. The third-order valence-electron chi connectivity index (χ3n) is 4.94. The number of rotatable bonds is 5. The van der Waals surface area contributed by atoms with Gasteiger partial charge in [-0.2, -0.15) is 0 Å². The quantitative estimate of drug-likeness (QED) is 0.615. The van der Waals surface area contributed by atoms with E-state index in [0.717, 1.165) is 11.1 Å². The van der Waals surface area contributed by atoms with Gasteiger partial charge in [-0.15, -0.1) is 6.58 Å². The van der Waals surface area contributed by atoms with Crippen LogP contribution >= 0.6 is 11.6 Å². The summed E-state index contributed by atoms with van der Waals surface area (Å²) in [7, 11) is 0. The molecule has 136 valence electrons. The van der Waals surface area contributed by atoms with Gasteiger partial charge in [0.15, 0.2) is 0 Å². The van der Waals surface area contributed by atoms with E-state index in [1.165, 1.54) is 12.1 Å². The second-order valence-corrected chi connectivity index (χ2v) is 6.97. The first kappa shape index (κ1) is 18.5. The summed E-state index contributed by atoms with van der Waals surface area (Å²) in [5.74, 6) is -0.317. The van der Waals surface area contributed by atoms with E-state index in [0.29, 0.717) is 24.4 Å². The maximum Gasteiger partial charge on any atom is 0.411 e. The number of ether oxygens (including phenoxy) is 1. The van der Waals surface area contributed by atoms with Crippen LogP contribution in [0.2, 0.25) is 5.02 Å². The molecule has 1 amide bonds. The number of nitrogens with zero attached hydrogens (tertiary/aromatic N) is 1. The molecule has 3 nitrogen and oxygen atoms in total. The van der Waals surface area contributed by atoms with Gasteiger partial charge in [0.1, 0.15) is 11.4 Å². The molecule has 2 aromatic rings. The van der Waals surface area contributed by atoms with Crippen molar-refractivity contribution >= 4 is 17.7 Å². The molecule has 2 aromatic carbocycles. The molecule has 0 spiro atoms. The summed E-state index contributed by atoms with van der Waals surface area (Å²) in [4.78, 5) is 14.5. The van der Waals surface area contributed by atoms with E-state index in [1.54, 1.807) is 23.1 Å². The van der Waals surface area contributed by atoms with E-state index in [-0.39, 0.29) is 18.0 Å². The Balaban J connectivity index is 1.83. The van der Waals surface area contributed by atoms with Gasteiger partial charge in [0, 0.05) is 24.4 Å². The SMILES string of the molecule is C=CC[C@@]1(c2ccc(F)cc2)CCN([C@@H](C)c2ccc(Cl)cc2)C(=O)O1. The summed E-state index contributed by atoms with van der Waals surface area (Å²) in [5, 5.41) is 0.656. The van der Waals surface area contributed by atoms with Crippen molar-refractivity contribution in [3.05, 3.63) is 83.2 Å². The number of amides is 1. The highest BCUT2D eigenvalue weighted by Crippen LogP contribution is 2.39. The van der Waals surface area contributed by atoms with E-state index in [9.17, 15) is 9.18 Å². The van der Waals surface area contributed by atoms with Gasteiger partial charge < -0.3 is 9.64 Å². The van der Waals surface area contributed by atoms with E-state index in [2.05, 4.69) is 6.58 Å². The molecule has 1 aliphatic rings. The number of benzene rings is 2. The number of halogens is 2. The molecule has 1 saturated heterocycles. The van der Waals surface area contributed by atoms with Crippen LogP contribution in [0.25, 0.3) is 0 Å². The molecule has 1 fully saturated rings. The molecule has 0 bridgehead atoms. The predicted octanol–water partition coefficient (Wildman–Crippen LogP) is 5.85. The average Bonchev–Trinajstić information content (AvgIpc) is 2.63. The zero-order valence-corrected chi connectivity index (χ0v) is 15.4. The number of carbonyl (C=O) groups is 1. The Morgan fingerprint density at radius 3 is 2.50 bits per heavy atom. The third kappa shape index (κ3) is 3.61. The number of hydrogen-bond donors (Lipinski definition) is 0. The average molecular weight is 374 g/mol. The van der Waals surface area contributed by atoms with Crippen LogP contribution in [0.3, 0.4) is 0 Å². The van der Waals surface area contributed by atoms with Crippen LogP contribution in [0, 0.1) is 5.82 Å². The molecule has 26 heavy (non-hydrogen) atoms. The Hall–Kier alpha value is -2.33. The van der Waals surface area contributed by atoms with Gasteiger partial charge in [0.2, 0.25) is 0 Å². The standard InChI is InChI=1S/C21H21ClFNO2/c1-3-12-21(17-6-10-19(23)11-7-17)13-14-24(20(25)26-21)15(2)16-4-8-18(22)9-5-16/h3-11,15H,1,12-14H2,2H3/t15-,21-/m0/s1. The molecule has 0 radical (unpaired) electrons. The maximum absolute atomic E-state index is 13.3. The van der Waals surface area contributed by atoms with Gasteiger partial charge in [-0.05, 0) is 42.3 Å². The summed E-state index contributed by atoms with van der Waals surface area (Å²) in [6.45, 7) is 6.28. The van der Waals surface area contributed by atoms with Crippen molar-refractivity contribution in [1.29, 1.82) is 0 Å². The molecule has 1 aliphatic heterocycles. The largest absolute Gasteiger partial charge is 0.437 e. The van der Waals surface area contributed by atoms with Crippen molar-refractivity contribution in [2.75, 3.05) is 6.54 Å². The van der Waals surface area contributed by atoms with Crippen molar-refractivity contribution in [2.45, 2.75) is 31.4 Å². The summed E-state index contributed by atoms with van der Waals surface area (Å²) in [6, 6.07) is 13.4. The second kappa shape index (κ2) is 7.50.